The second kappa shape index (κ2) is 7.81. The monoisotopic (exact) mass is 330 g/mol. The van der Waals surface area contributed by atoms with E-state index in [1.54, 1.807) is 6.26 Å². The summed E-state index contributed by atoms with van der Waals surface area (Å²) in [6.45, 7) is 1.59. The molecule has 1 aromatic carbocycles. The van der Waals surface area contributed by atoms with Gasteiger partial charge in [-0.3, -0.25) is 9.19 Å². The Hall–Kier alpha value is -1.56. The molecule has 0 radical (unpaired) electrons. The van der Waals surface area contributed by atoms with Crippen LogP contribution >= 0.6 is 0 Å². The van der Waals surface area contributed by atoms with Gasteiger partial charge in [-0.2, -0.15) is 0 Å². The van der Waals surface area contributed by atoms with E-state index in [0.29, 0.717) is 6.04 Å². The molecule has 3 atom stereocenters. The normalized spacial score (nSPS) is 22.7. The van der Waals surface area contributed by atoms with Crippen molar-refractivity contribution in [2.45, 2.75) is 36.4 Å². The third-order valence-electron chi connectivity index (χ3n) is 4.18. The smallest absolute Gasteiger partial charge is 0.0978 e. The van der Waals surface area contributed by atoms with E-state index in [1.807, 2.05) is 48.8 Å². The summed E-state index contributed by atoms with van der Waals surface area (Å²) < 4.78 is 17.4. The Bertz CT molecular complexity index is 646. The lowest BCUT2D eigenvalue weighted by Crippen LogP contribution is -2.39. The SMILES string of the molecule is C[S@@](=O)c1ccc(CN[C@H]2CCCO[C@@H]2c2ccncc2)cc1. The first-order chi connectivity index (χ1) is 11.2. The fourth-order valence-electron chi connectivity index (χ4n) is 2.92. The number of rotatable bonds is 5. The molecule has 2 aromatic rings. The van der Waals surface area contributed by atoms with E-state index in [-0.39, 0.29) is 6.10 Å². The maximum atomic E-state index is 11.4. The number of ether oxygens (including phenoxy) is 1. The molecule has 3 rings (SSSR count). The van der Waals surface area contributed by atoms with E-state index in [4.69, 9.17) is 4.74 Å². The Morgan fingerprint density at radius 3 is 2.65 bits per heavy atom. The van der Waals surface area contributed by atoms with Gasteiger partial charge >= 0.3 is 0 Å². The first-order valence-corrected chi connectivity index (χ1v) is 9.47. The fraction of sp³-hybridized carbons (Fsp3) is 0.389. The number of nitrogens with one attached hydrogen (secondary N) is 1. The van der Waals surface area contributed by atoms with Crippen LogP contribution in [0.3, 0.4) is 0 Å². The number of benzene rings is 1. The molecule has 1 N–H and O–H groups in total. The van der Waals surface area contributed by atoms with Gasteiger partial charge in [-0.05, 0) is 48.2 Å². The third kappa shape index (κ3) is 4.25. The zero-order valence-corrected chi connectivity index (χ0v) is 14.1. The van der Waals surface area contributed by atoms with Gasteiger partial charge < -0.3 is 10.1 Å². The minimum atomic E-state index is -0.922. The summed E-state index contributed by atoms with van der Waals surface area (Å²) >= 11 is 0. The average Bonchev–Trinajstić information content (AvgIpc) is 2.61. The summed E-state index contributed by atoms with van der Waals surface area (Å²) in [7, 11) is -0.922. The van der Waals surface area contributed by atoms with Crippen molar-refractivity contribution >= 4 is 10.8 Å². The number of nitrogens with zero attached hydrogens (tertiary/aromatic N) is 1. The Morgan fingerprint density at radius 1 is 1.22 bits per heavy atom. The Morgan fingerprint density at radius 2 is 1.96 bits per heavy atom. The summed E-state index contributed by atoms with van der Waals surface area (Å²) in [6.07, 6.45) is 7.58. The highest BCUT2D eigenvalue weighted by Gasteiger charge is 2.26. The molecular formula is C18H22N2O2S. The zero-order chi connectivity index (χ0) is 16.1. The summed E-state index contributed by atoms with van der Waals surface area (Å²) in [4.78, 5) is 4.95. The molecule has 1 aromatic heterocycles. The van der Waals surface area contributed by atoms with Crippen LogP contribution in [0.25, 0.3) is 0 Å². The van der Waals surface area contributed by atoms with Crippen LogP contribution in [0.4, 0.5) is 0 Å². The van der Waals surface area contributed by atoms with Crippen LogP contribution in [0.2, 0.25) is 0 Å². The zero-order valence-electron chi connectivity index (χ0n) is 13.3. The number of aromatic nitrogens is 1. The largest absolute Gasteiger partial charge is 0.372 e. The van der Waals surface area contributed by atoms with Crippen LogP contribution in [0.1, 0.15) is 30.1 Å². The minimum absolute atomic E-state index is 0.0779. The molecule has 0 unspecified atom stereocenters. The molecule has 1 fully saturated rings. The van der Waals surface area contributed by atoms with Gasteiger partial charge in [0.05, 0.1) is 6.10 Å². The lowest BCUT2D eigenvalue weighted by Gasteiger charge is -2.33. The first kappa shape index (κ1) is 16.3. The van der Waals surface area contributed by atoms with Crippen molar-refractivity contribution in [3.05, 3.63) is 59.9 Å². The molecule has 122 valence electrons. The van der Waals surface area contributed by atoms with Gasteiger partial charge in [0.25, 0.3) is 0 Å². The van der Waals surface area contributed by atoms with Crippen LogP contribution in [0.5, 0.6) is 0 Å². The van der Waals surface area contributed by atoms with Gasteiger partial charge in [0.1, 0.15) is 0 Å². The molecule has 2 heterocycles. The number of hydrogen-bond donors (Lipinski definition) is 1. The van der Waals surface area contributed by atoms with Crippen molar-refractivity contribution in [1.82, 2.24) is 10.3 Å². The standard InChI is InChI=1S/C18H22N2O2S/c1-23(21)16-6-4-14(5-7-16)13-20-17-3-2-12-22-18(17)15-8-10-19-11-9-15/h4-11,17-18,20H,2-3,12-13H2,1H3/t17-,18+,23+/m0/s1. The van der Waals surface area contributed by atoms with Crippen molar-refractivity contribution in [2.75, 3.05) is 12.9 Å². The molecule has 0 amide bonds. The topological polar surface area (TPSA) is 51.2 Å². The fourth-order valence-corrected chi connectivity index (χ4v) is 3.44. The van der Waals surface area contributed by atoms with E-state index in [2.05, 4.69) is 10.3 Å². The maximum absolute atomic E-state index is 11.4. The molecule has 0 aliphatic carbocycles. The minimum Gasteiger partial charge on any atom is -0.372 e. The summed E-state index contributed by atoms with van der Waals surface area (Å²) in [5.41, 5.74) is 2.37. The van der Waals surface area contributed by atoms with E-state index in [1.165, 1.54) is 11.1 Å². The van der Waals surface area contributed by atoms with E-state index in [9.17, 15) is 4.21 Å². The van der Waals surface area contributed by atoms with Gasteiger partial charge in [0.15, 0.2) is 0 Å². The van der Waals surface area contributed by atoms with Crippen LogP contribution in [0.15, 0.2) is 53.7 Å². The van der Waals surface area contributed by atoms with E-state index >= 15 is 0 Å². The van der Waals surface area contributed by atoms with Crippen molar-refractivity contribution < 1.29 is 8.95 Å². The molecule has 0 bridgehead atoms. The molecular weight excluding hydrogens is 308 g/mol. The quantitative estimate of drug-likeness (QED) is 0.916. The second-order valence-corrected chi connectivity index (χ2v) is 7.18. The molecule has 5 heteroatoms. The van der Waals surface area contributed by atoms with Gasteiger partial charge in [-0.1, -0.05) is 12.1 Å². The molecule has 1 aliphatic heterocycles. The highest BCUT2D eigenvalue weighted by molar-refractivity contribution is 7.84. The molecule has 23 heavy (non-hydrogen) atoms. The highest BCUT2D eigenvalue weighted by atomic mass is 32.2. The van der Waals surface area contributed by atoms with Gasteiger partial charge in [-0.25, -0.2) is 0 Å². The third-order valence-corrected chi connectivity index (χ3v) is 5.12. The Labute approximate surface area is 139 Å². The predicted molar refractivity (Wildman–Crippen MR) is 91.6 cm³/mol. The molecule has 1 saturated heterocycles. The lowest BCUT2D eigenvalue weighted by molar-refractivity contribution is -0.0112. The average molecular weight is 330 g/mol. The van der Waals surface area contributed by atoms with Crippen LogP contribution in [-0.4, -0.2) is 28.1 Å². The van der Waals surface area contributed by atoms with Crippen molar-refractivity contribution in [1.29, 1.82) is 0 Å². The van der Waals surface area contributed by atoms with Gasteiger partial charge in [0.2, 0.25) is 0 Å². The van der Waals surface area contributed by atoms with Crippen molar-refractivity contribution in [3.63, 3.8) is 0 Å². The lowest BCUT2D eigenvalue weighted by atomic mass is 9.96. The van der Waals surface area contributed by atoms with Crippen LogP contribution in [-0.2, 0) is 22.1 Å². The summed E-state index contributed by atoms with van der Waals surface area (Å²) in [5, 5.41) is 3.61. The van der Waals surface area contributed by atoms with Gasteiger partial charge in [-0.15, -0.1) is 0 Å². The second-order valence-electron chi connectivity index (χ2n) is 5.80. The molecule has 1 aliphatic rings. The van der Waals surface area contributed by atoms with E-state index < -0.39 is 10.8 Å². The van der Waals surface area contributed by atoms with Crippen LogP contribution < -0.4 is 5.32 Å². The number of pyridine rings is 1. The summed E-state index contributed by atoms with van der Waals surface area (Å²) in [5.74, 6) is 0. The van der Waals surface area contributed by atoms with Crippen molar-refractivity contribution in [3.8, 4) is 0 Å². The molecule has 0 spiro atoms. The van der Waals surface area contributed by atoms with Gasteiger partial charge in [0, 0.05) is 53.5 Å². The Kier molecular flexibility index (Phi) is 5.54. The highest BCUT2D eigenvalue weighted by Crippen LogP contribution is 2.28. The number of hydrogen-bond acceptors (Lipinski definition) is 4. The first-order valence-electron chi connectivity index (χ1n) is 7.91. The van der Waals surface area contributed by atoms with Crippen LogP contribution in [0, 0.1) is 0 Å². The van der Waals surface area contributed by atoms with Crippen molar-refractivity contribution in [2.24, 2.45) is 0 Å². The Balaban J connectivity index is 1.64. The maximum Gasteiger partial charge on any atom is 0.0978 e. The molecule has 4 nitrogen and oxygen atoms in total. The summed E-state index contributed by atoms with van der Waals surface area (Å²) in [6, 6.07) is 12.3. The molecule has 0 saturated carbocycles. The predicted octanol–water partition coefficient (Wildman–Crippen LogP) is 2.83. The van der Waals surface area contributed by atoms with E-state index in [0.717, 1.165) is 30.9 Å².